The molecule has 1 heterocycles. The van der Waals surface area contributed by atoms with Crippen molar-refractivity contribution in [1.29, 1.82) is 0 Å². The minimum atomic E-state index is 0.146. The lowest BCUT2D eigenvalue weighted by Crippen LogP contribution is -2.30. The van der Waals surface area contributed by atoms with Crippen molar-refractivity contribution in [2.24, 2.45) is 5.92 Å². The molecule has 0 aliphatic carbocycles. The minimum absolute atomic E-state index is 0.146. The van der Waals surface area contributed by atoms with Crippen molar-refractivity contribution in [3.63, 3.8) is 0 Å². The SMILES string of the molecule is CC(C)(C)c1ccc(O)c(CC2CCCNC2)c1. The van der Waals surface area contributed by atoms with Gasteiger partial charge in [-0.3, -0.25) is 0 Å². The van der Waals surface area contributed by atoms with E-state index in [0.29, 0.717) is 11.7 Å². The van der Waals surface area contributed by atoms with Crippen LogP contribution in [0, 0.1) is 5.92 Å². The van der Waals surface area contributed by atoms with Crippen LogP contribution in [0.4, 0.5) is 0 Å². The second-order valence-electron chi connectivity index (χ2n) is 6.51. The number of phenols is 1. The van der Waals surface area contributed by atoms with Crippen LogP contribution in [0.25, 0.3) is 0 Å². The summed E-state index contributed by atoms with van der Waals surface area (Å²) in [5.74, 6) is 1.12. The van der Waals surface area contributed by atoms with Crippen molar-refractivity contribution in [3.05, 3.63) is 29.3 Å². The molecule has 0 saturated carbocycles. The largest absolute Gasteiger partial charge is 0.508 e. The van der Waals surface area contributed by atoms with Crippen LogP contribution in [0.15, 0.2) is 18.2 Å². The van der Waals surface area contributed by atoms with Crippen molar-refractivity contribution >= 4 is 0 Å². The lowest BCUT2D eigenvalue weighted by atomic mass is 9.84. The number of aromatic hydroxyl groups is 1. The van der Waals surface area contributed by atoms with E-state index in [1.807, 2.05) is 12.1 Å². The fraction of sp³-hybridized carbons (Fsp3) is 0.625. The quantitative estimate of drug-likeness (QED) is 0.841. The third kappa shape index (κ3) is 3.26. The first kappa shape index (κ1) is 13.4. The predicted molar refractivity (Wildman–Crippen MR) is 76.1 cm³/mol. The molecule has 2 nitrogen and oxygen atoms in total. The van der Waals surface area contributed by atoms with Crippen LogP contribution in [-0.4, -0.2) is 18.2 Å². The van der Waals surface area contributed by atoms with Crippen molar-refractivity contribution in [2.75, 3.05) is 13.1 Å². The Hall–Kier alpha value is -1.02. The molecule has 1 saturated heterocycles. The van der Waals surface area contributed by atoms with E-state index in [0.717, 1.165) is 25.1 Å². The highest BCUT2D eigenvalue weighted by molar-refractivity contribution is 5.39. The highest BCUT2D eigenvalue weighted by Gasteiger charge is 2.18. The molecular weight excluding hydrogens is 222 g/mol. The standard InChI is InChI=1S/C16H25NO/c1-16(2,3)14-6-7-15(18)13(10-14)9-12-5-4-8-17-11-12/h6-7,10,12,17-18H,4-5,8-9,11H2,1-3H3. The van der Waals surface area contributed by atoms with Crippen LogP contribution in [0.1, 0.15) is 44.7 Å². The summed E-state index contributed by atoms with van der Waals surface area (Å²) in [5.41, 5.74) is 2.56. The van der Waals surface area contributed by atoms with Gasteiger partial charge in [0.2, 0.25) is 0 Å². The molecule has 0 radical (unpaired) electrons. The van der Waals surface area contributed by atoms with Crippen molar-refractivity contribution in [1.82, 2.24) is 5.32 Å². The third-order valence-corrected chi connectivity index (χ3v) is 3.85. The van der Waals surface area contributed by atoms with Gasteiger partial charge in [0.15, 0.2) is 0 Å². The third-order valence-electron chi connectivity index (χ3n) is 3.85. The van der Waals surface area contributed by atoms with E-state index in [9.17, 15) is 5.11 Å². The van der Waals surface area contributed by atoms with E-state index < -0.39 is 0 Å². The molecular formula is C16H25NO. The highest BCUT2D eigenvalue weighted by Crippen LogP contribution is 2.29. The summed E-state index contributed by atoms with van der Waals surface area (Å²) >= 11 is 0. The molecule has 1 aromatic rings. The summed E-state index contributed by atoms with van der Waals surface area (Å²) in [4.78, 5) is 0. The molecule has 1 aromatic carbocycles. The molecule has 1 unspecified atom stereocenters. The Bertz CT molecular complexity index is 400. The number of benzene rings is 1. The van der Waals surface area contributed by atoms with Gasteiger partial charge in [-0.15, -0.1) is 0 Å². The molecule has 0 aromatic heterocycles. The van der Waals surface area contributed by atoms with Crippen molar-refractivity contribution < 1.29 is 5.11 Å². The Morgan fingerprint density at radius 1 is 1.33 bits per heavy atom. The molecule has 2 rings (SSSR count). The average molecular weight is 247 g/mol. The molecule has 2 heteroatoms. The summed E-state index contributed by atoms with van der Waals surface area (Å²) in [5, 5.41) is 13.4. The van der Waals surface area contributed by atoms with Crippen LogP contribution in [0.2, 0.25) is 0 Å². The molecule has 18 heavy (non-hydrogen) atoms. The lowest BCUT2D eigenvalue weighted by molar-refractivity contribution is 0.369. The summed E-state index contributed by atoms with van der Waals surface area (Å²) in [6.45, 7) is 8.87. The second kappa shape index (κ2) is 5.31. The van der Waals surface area contributed by atoms with Gasteiger partial charge in [-0.05, 0) is 60.9 Å². The zero-order valence-electron chi connectivity index (χ0n) is 11.8. The number of hydrogen-bond acceptors (Lipinski definition) is 2. The van der Waals surface area contributed by atoms with E-state index in [4.69, 9.17) is 0 Å². The molecule has 1 fully saturated rings. The van der Waals surface area contributed by atoms with Crippen LogP contribution in [0.3, 0.4) is 0 Å². The first-order valence-electron chi connectivity index (χ1n) is 7.00. The van der Waals surface area contributed by atoms with Crippen LogP contribution < -0.4 is 5.32 Å². The van der Waals surface area contributed by atoms with Crippen LogP contribution in [0.5, 0.6) is 5.75 Å². The van der Waals surface area contributed by atoms with E-state index in [2.05, 4.69) is 32.2 Å². The van der Waals surface area contributed by atoms with Gasteiger partial charge in [0.1, 0.15) is 5.75 Å². The minimum Gasteiger partial charge on any atom is -0.508 e. The van der Waals surface area contributed by atoms with Gasteiger partial charge in [0.25, 0.3) is 0 Å². The van der Waals surface area contributed by atoms with E-state index in [1.54, 1.807) is 0 Å². The molecule has 0 spiro atoms. The molecule has 0 amide bonds. The van der Waals surface area contributed by atoms with Crippen LogP contribution >= 0.6 is 0 Å². The maximum absolute atomic E-state index is 10.0. The Morgan fingerprint density at radius 3 is 2.72 bits per heavy atom. The van der Waals surface area contributed by atoms with Gasteiger partial charge < -0.3 is 10.4 Å². The van der Waals surface area contributed by atoms with Gasteiger partial charge in [0.05, 0.1) is 0 Å². The molecule has 2 N–H and O–H groups in total. The Labute approximate surface area is 110 Å². The Kier molecular flexibility index (Phi) is 3.96. The number of piperidine rings is 1. The monoisotopic (exact) mass is 247 g/mol. The molecule has 1 aliphatic rings. The normalized spacial score (nSPS) is 20.9. The zero-order valence-corrected chi connectivity index (χ0v) is 11.8. The lowest BCUT2D eigenvalue weighted by Gasteiger charge is -2.25. The summed E-state index contributed by atoms with van der Waals surface area (Å²) in [6, 6.07) is 6.08. The van der Waals surface area contributed by atoms with E-state index in [1.165, 1.54) is 18.4 Å². The fourth-order valence-electron chi connectivity index (χ4n) is 2.62. The number of rotatable bonds is 2. The van der Waals surface area contributed by atoms with Crippen molar-refractivity contribution in [3.8, 4) is 5.75 Å². The fourth-order valence-corrected chi connectivity index (χ4v) is 2.62. The summed E-state index contributed by atoms with van der Waals surface area (Å²) in [7, 11) is 0. The average Bonchev–Trinajstić information content (AvgIpc) is 2.32. The summed E-state index contributed by atoms with van der Waals surface area (Å²) < 4.78 is 0. The predicted octanol–water partition coefficient (Wildman–Crippen LogP) is 3.23. The zero-order chi connectivity index (χ0) is 13.2. The van der Waals surface area contributed by atoms with E-state index in [-0.39, 0.29) is 5.41 Å². The molecule has 0 bridgehead atoms. The number of nitrogens with one attached hydrogen (secondary N) is 1. The van der Waals surface area contributed by atoms with Gasteiger partial charge in [0, 0.05) is 0 Å². The van der Waals surface area contributed by atoms with Gasteiger partial charge in [-0.25, -0.2) is 0 Å². The smallest absolute Gasteiger partial charge is 0.118 e. The van der Waals surface area contributed by atoms with Crippen LogP contribution in [-0.2, 0) is 11.8 Å². The van der Waals surface area contributed by atoms with Gasteiger partial charge in [-0.1, -0.05) is 32.9 Å². The first-order chi connectivity index (χ1) is 8.47. The van der Waals surface area contributed by atoms with Gasteiger partial charge in [-0.2, -0.15) is 0 Å². The van der Waals surface area contributed by atoms with E-state index >= 15 is 0 Å². The Balaban J connectivity index is 2.15. The summed E-state index contributed by atoms with van der Waals surface area (Å²) in [6.07, 6.45) is 3.51. The maximum atomic E-state index is 10.0. The Morgan fingerprint density at radius 2 is 2.11 bits per heavy atom. The molecule has 1 aliphatic heterocycles. The van der Waals surface area contributed by atoms with Gasteiger partial charge >= 0.3 is 0 Å². The highest BCUT2D eigenvalue weighted by atomic mass is 16.3. The molecule has 100 valence electrons. The number of hydrogen-bond donors (Lipinski definition) is 2. The maximum Gasteiger partial charge on any atom is 0.118 e. The number of phenolic OH excluding ortho intramolecular Hbond substituents is 1. The molecule has 1 atom stereocenters. The topological polar surface area (TPSA) is 32.3 Å². The van der Waals surface area contributed by atoms with Crippen molar-refractivity contribution in [2.45, 2.75) is 45.4 Å². The first-order valence-corrected chi connectivity index (χ1v) is 7.00. The second-order valence-corrected chi connectivity index (χ2v) is 6.51.